The molecule has 1 atom stereocenters. The lowest BCUT2D eigenvalue weighted by Gasteiger charge is -2.20. The maximum Gasteiger partial charge on any atom is 0.242 e. The van der Waals surface area contributed by atoms with Crippen LogP contribution in [-0.2, 0) is 10.9 Å². The first-order valence-corrected chi connectivity index (χ1v) is 13.5. The lowest BCUT2D eigenvalue weighted by Crippen LogP contribution is -2.29. The number of alkyl halides is 1. The second-order valence-electron chi connectivity index (χ2n) is 6.71. The predicted molar refractivity (Wildman–Crippen MR) is 104 cm³/mol. The summed E-state index contributed by atoms with van der Waals surface area (Å²) in [6, 6.07) is 3.32. The van der Waals surface area contributed by atoms with Gasteiger partial charge in [0.25, 0.3) is 0 Å². The van der Waals surface area contributed by atoms with Crippen molar-refractivity contribution < 1.29 is 31.1 Å². The van der Waals surface area contributed by atoms with E-state index in [1.54, 1.807) is 0 Å². The molecule has 150 valence electrons. The van der Waals surface area contributed by atoms with Gasteiger partial charge in [0.2, 0.25) is 25.0 Å². The first kappa shape index (κ1) is 21.9. The van der Waals surface area contributed by atoms with Gasteiger partial charge in [0.1, 0.15) is 11.6 Å². The first-order chi connectivity index (χ1) is 12.5. The number of aromatic hydroxyl groups is 1. The highest BCUT2D eigenvalue weighted by molar-refractivity contribution is 9.09. The van der Waals surface area contributed by atoms with Crippen LogP contribution in [0.5, 0.6) is 11.5 Å². The van der Waals surface area contributed by atoms with E-state index >= 15 is 0 Å². The lowest BCUT2D eigenvalue weighted by atomic mass is 10.1. The van der Waals surface area contributed by atoms with Gasteiger partial charge in [-0.3, -0.25) is 0 Å². The molecular weight excluding hydrogens is 464 g/mol. The molecule has 6 nitrogen and oxygen atoms in total. The Labute approximate surface area is 166 Å². The topological polar surface area (TPSA) is 88.8 Å². The fourth-order valence-electron chi connectivity index (χ4n) is 2.33. The van der Waals surface area contributed by atoms with E-state index in [1.807, 2.05) is 19.6 Å². The van der Waals surface area contributed by atoms with E-state index in [1.165, 1.54) is 6.07 Å². The Balaban J connectivity index is 2.51. The molecule has 1 heterocycles. The second-order valence-corrected chi connectivity index (χ2v) is 13.1. The Morgan fingerprint density at radius 2 is 1.89 bits per heavy atom. The quantitative estimate of drug-likeness (QED) is 0.299. The molecule has 1 unspecified atom stereocenters. The van der Waals surface area contributed by atoms with Crippen molar-refractivity contribution in [1.82, 2.24) is 4.72 Å². The van der Waals surface area contributed by atoms with Crippen LogP contribution in [0.15, 0.2) is 22.6 Å². The van der Waals surface area contributed by atoms with E-state index in [0.717, 1.165) is 12.1 Å². The van der Waals surface area contributed by atoms with Gasteiger partial charge in [-0.05, 0) is 38.2 Å². The van der Waals surface area contributed by atoms with Gasteiger partial charge in [-0.1, -0.05) is 22.0 Å². The molecule has 0 amide bonds. The van der Waals surface area contributed by atoms with Gasteiger partial charge < -0.3 is 13.9 Å². The molecule has 0 aliphatic rings. The maximum absolute atomic E-state index is 14.2. The van der Waals surface area contributed by atoms with Crippen LogP contribution in [0.3, 0.4) is 0 Å². The first-order valence-electron chi connectivity index (χ1n) is 8.02. The van der Waals surface area contributed by atoms with Crippen LogP contribution in [0.4, 0.5) is 8.78 Å². The van der Waals surface area contributed by atoms with Crippen molar-refractivity contribution in [1.29, 1.82) is 0 Å². The van der Waals surface area contributed by atoms with Gasteiger partial charge >= 0.3 is 0 Å². The van der Waals surface area contributed by atoms with Gasteiger partial charge in [0.05, 0.1) is 10.4 Å². The van der Waals surface area contributed by atoms with E-state index < -0.39 is 47.0 Å². The molecule has 0 radical (unpaired) electrons. The SMILES string of the molecule is C[Si](C)(C)Oc1c(C(Br)CCN[SH](=O)=O)oc(-c2c(F)cccc2F)c1O. The molecule has 1 aromatic heterocycles. The molecule has 1 aromatic carbocycles. The molecular formula is C16H20BrF2NO5SSi. The summed E-state index contributed by atoms with van der Waals surface area (Å²) >= 11 is 3.36. The number of hydrogen-bond acceptors (Lipinski definition) is 5. The van der Waals surface area contributed by atoms with E-state index in [4.69, 9.17) is 8.84 Å². The summed E-state index contributed by atoms with van der Waals surface area (Å²) < 4.78 is 63.3. The van der Waals surface area contributed by atoms with Crippen LogP contribution in [0.2, 0.25) is 19.6 Å². The minimum absolute atomic E-state index is 0.000191. The zero-order chi connectivity index (χ0) is 20.4. The van der Waals surface area contributed by atoms with Gasteiger partial charge in [-0.2, -0.15) is 0 Å². The van der Waals surface area contributed by atoms with Crippen molar-refractivity contribution in [2.24, 2.45) is 0 Å². The van der Waals surface area contributed by atoms with E-state index in [9.17, 15) is 22.3 Å². The van der Waals surface area contributed by atoms with E-state index in [-0.39, 0.29) is 30.2 Å². The highest BCUT2D eigenvalue weighted by Crippen LogP contribution is 2.49. The predicted octanol–water partition coefficient (Wildman–Crippen LogP) is 4.09. The Morgan fingerprint density at radius 3 is 2.41 bits per heavy atom. The molecule has 27 heavy (non-hydrogen) atoms. The molecule has 0 aliphatic heterocycles. The summed E-state index contributed by atoms with van der Waals surface area (Å²) in [5.74, 6) is -2.51. The van der Waals surface area contributed by atoms with Gasteiger partial charge in [-0.25, -0.2) is 21.9 Å². The second kappa shape index (κ2) is 8.72. The Kier molecular flexibility index (Phi) is 7.06. The van der Waals surface area contributed by atoms with Gasteiger partial charge in [0, 0.05) is 6.54 Å². The number of halogens is 3. The molecule has 2 aromatic rings. The molecule has 0 saturated carbocycles. The van der Waals surface area contributed by atoms with E-state index in [0.29, 0.717) is 0 Å². The number of rotatable bonds is 8. The summed E-state index contributed by atoms with van der Waals surface area (Å²) in [7, 11) is -4.96. The fourth-order valence-corrected chi connectivity index (χ4v) is 3.98. The number of furan rings is 1. The molecule has 2 rings (SSSR count). The Hall–Kier alpha value is -1.43. The molecule has 11 heteroatoms. The normalized spacial score (nSPS) is 13.1. The fraction of sp³-hybridized carbons (Fsp3) is 0.375. The van der Waals surface area contributed by atoms with Crippen LogP contribution in [0.1, 0.15) is 17.0 Å². The van der Waals surface area contributed by atoms with Crippen LogP contribution in [0.25, 0.3) is 11.3 Å². The number of thiol groups is 1. The van der Waals surface area contributed by atoms with E-state index in [2.05, 4.69) is 20.7 Å². The molecule has 0 aliphatic carbocycles. The molecule has 0 spiro atoms. The van der Waals surface area contributed by atoms with Crippen LogP contribution in [-0.4, -0.2) is 28.4 Å². The summed E-state index contributed by atoms with van der Waals surface area (Å²) in [5, 5.41) is 10.6. The van der Waals surface area contributed by atoms with Crippen molar-refractivity contribution in [3.8, 4) is 22.8 Å². The standard InChI is InChI=1S/C16H20BrF2NO5SSi/c1-27(2,3)25-16-13(21)15(12-10(18)5-4-6-11(12)19)24-14(16)9(17)7-8-20-26(22)23/h4-6,9,21,26H,7-8H2,1-3H3,(H,20,22,23). The van der Waals surface area contributed by atoms with Crippen molar-refractivity contribution in [3.63, 3.8) is 0 Å². The summed E-state index contributed by atoms with van der Waals surface area (Å²) in [6.45, 7) is 5.73. The average molecular weight is 484 g/mol. The average Bonchev–Trinajstić information content (AvgIpc) is 2.82. The van der Waals surface area contributed by atoms with Crippen LogP contribution >= 0.6 is 15.9 Å². The molecule has 0 bridgehead atoms. The summed E-state index contributed by atoms with van der Waals surface area (Å²) in [4.78, 5) is -0.555. The van der Waals surface area contributed by atoms with Crippen molar-refractivity contribution in [3.05, 3.63) is 35.6 Å². The van der Waals surface area contributed by atoms with Gasteiger partial charge in [0.15, 0.2) is 17.3 Å². The Bertz CT molecular complexity index is 869. The highest BCUT2D eigenvalue weighted by atomic mass is 79.9. The minimum atomic E-state index is -2.75. The number of benzene rings is 1. The summed E-state index contributed by atoms with van der Waals surface area (Å²) in [6.07, 6.45) is 0.261. The maximum atomic E-state index is 14.2. The highest BCUT2D eigenvalue weighted by Gasteiger charge is 2.32. The molecule has 0 fully saturated rings. The van der Waals surface area contributed by atoms with Gasteiger partial charge in [-0.15, -0.1) is 0 Å². The largest absolute Gasteiger partial charge is 0.539 e. The monoisotopic (exact) mass is 483 g/mol. The zero-order valence-electron chi connectivity index (χ0n) is 14.9. The zero-order valence-corrected chi connectivity index (χ0v) is 18.4. The number of hydrogen-bond donors (Lipinski definition) is 3. The van der Waals surface area contributed by atoms with Crippen molar-refractivity contribution in [2.45, 2.75) is 30.9 Å². The third-order valence-electron chi connectivity index (χ3n) is 3.39. The van der Waals surface area contributed by atoms with Crippen molar-refractivity contribution in [2.75, 3.05) is 6.54 Å². The summed E-state index contributed by atoms with van der Waals surface area (Å²) in [5.41, 5.74) is -0.498. The third kappa shape index (κ3) is 5.53. The third-order valence-corrected chi connectivity index (χ3v) is 5.56. The molecule has 2 N–H and O–H groups in total. The Morgan fingerprint density at radius 1 is 1.30 bits per heavy atom. The van der Waals surface area contributed by atoms with Crippen LogP contribution in [0, 0.1) is 11.6 Å². The smallest absolute Gasteiger partial charge is 0.242 e. The van der Waals surface area contributed by atoms with Crippen LogP contribution < -0.4 is 9.15 Å². The number of nitrogens with one attached hydrogen (secondary N) is 1. The lowest BCUT2D eigenvalue weighted by molar-refractivity contribution is 0.438. The minimum Gasteiger partial charge on any atom is -0.539 e. The molecule has 0 saturated heterocycles. The van der Waals surface area contributed by atoms with Crippen molar-refractivity contribution >= 4 is 35.1 Å².